The zero-order valence-electron chi connectivity index (χ0n) is 9.00. The van der Waals surface area contributed by atoms with Gasteiger partial charge in [-0.2, -0.15) is 0 Å². The fraction of sp³-hybridized carbons (Fsp3) is 0.500. The Morgan fingerprint density at radius 2 is 2.31 bits per heavy atom. The van der Waals surface area contributed by atoms with Crippen molar-refractivity contribution in [3.8, 4) is 0 Å². The second-order valence-corrected chi connectivity index (χ2v) is 4.59. The van der Waals surface area contributed by atoms with Gasteiger partial charge in [0.25, 0.3) is 0 Å². The fourth-order valence-electron chi connectivity index (χ4n) is 2.19. The van der Waals surface area contributed by atoms with E-state index in [0.717, 1.165) is 24.9 Å². The van der Waals surface area contributed by atoms with E-state index in [0.29, 0.717) is 11.6 Å². The number of halogens is 2. The van der Waals surface area contributed by atoms with Crippen molar-refractivity contribution in [2.75, 3.05) is 13.2 Å². The molecule has 0 spiro atoms. The molecule has 0 amide bonds. The Morgan fingerprint density at radius 3 is 3.06 bits per heavy atom. The van der Waals surface area contributed by atoms with Crippen LogP contribution in [0.3, 0.4) is 0 Å². The highest BCUT2D eigenvalue weighted by Crippen LogP contribution is 2.24. The van der Waals surface area contributed by atoms with Crippen molar-refractivity contribution < 1.29 is 9.50 Å². The third-order valence-corrected chi connectivity index (χ3v) is 3.46. The van der Waals surface area contributed by atoms with Crippen LogP contribution in [0.5, 0.6) is 0 Å². The van der Waals surface area contributed by atoms with Gasteiger partial charge in [0.1, 0.15) is 5.82 Å². The SMILES string of the molecule is OC[C@H]1CCCN1Cc1cc(F)ccc1Cl. The van der Waals surface area contributed by atoms with E-state index >= 15 is 0 Å². The average Bonchev–Trinajstić information content (AvgIpc) is 2.71. The highest BCUT2D eigenvalue weighted by molar-refractivity contribution is 6.31. The molecule has 1 aliphatic rings. The number of aliphatic hydroxyl groups is 1. The van der Waals surface area contributed by atoms with Crippen LogP contribution in [0.4, 0.5) is 4.39 Å². The molecule has 0 saturated carbocycles. The van der Waals surface area contributed by atoms with Crippen LogP contribution in [0.1, 0.15) is 18.4 Å². The van der Waals surface area contributed by atoms with Crippen molar-refractivity contribution in [2.45, 2.75) is 25.4 Å². The summed E-state index contributed by atoms with van der Waals surface area (Å²) in [7, 11) is 0. The van der Waals surface area contributed by atoms with Crippen molar-refractivity contribution >= 4 is 11.6 Å². The Morgan fingerprint density at radius 1 is 1.50 bits per heavy atom. The topological polar surface area (TPSA) is 23.5 Å². The number of hydrogen-bond donors (Lipinski definition) is 1. The van der Waals surface area contributed by atoms with Crippen LogP contribution in [0, 0.1) is 5.82 Å². The first-order valence-electron chi connectivity index (χ1n) is 5.49. The van der Waals surface area contributed by atoms with E-state index in [9.17, 15) is 9.50 Å². The third kappa shape index (κ3) is 2.54. The van der Waals surface area contributed by atoms with Gasteiger partial charge in [0.15, 0.2) is 0 Å². The molecule has 1 saturated heterocycles. The highest BCUT2D eigenvalue weighted by atomic mass is 35.5. The molecule has 1 aromatic carbocycles. The molecule has 1 aliphatic heterocycles. The molecule has 1 N–H and O–H groups in total. The molecule has 16 heavy (non-hydrogen) atoms. The van der Waals surface area contributed by atoms with E-state index in [-0.39, 0.29) is 18.5 Å². The Balaban J connectivity index is 2.11. The van der Waals surface area contributed by atoms with E-state index < -0.39 is 0 Å². The molecule has 0 unspecified atom stereocenters. The molecule has 0 radical (unpaired) electrons. The number of hydrogen-bond acceptors (Lipinski definition) is 2. The van der Waals surface area contributed by atoms with Gasteiger partial charge in [-0.1, -0.05) is 11.6 Å². The minimum atomic E-state index is -0.265. The summed E-state index contributed by atoms with van der Waals surface area (Å²) in [5, 5.41) is 9.78. The zero-order chi connectivity index (χ0) is 11.5. The molecule has 1 aromatic rings. The third-order valence-electron chi connectivity index (χ3n) is 3.09. The van der Waals surface area contributed by atoms with Crippen molar-refractivity contribution in [3.05, 3.63) is 34.6 Å². The Labute approximate surface area is 99.6 Å². The molecule has 2 nitrogen and oxygen atoms in total. The summed E-state index contributed by atoms with van der Waals surface area (Å²) in [4.78, 5) is 2.15. The maximum Gasteiger partial charge on any atom is 0.123 e. The lowest BCUT2D eigenvalue weighted by Gasteiger charge is -2.23. The van der Waals surface area contributed by atoms with Gasteiger partial charge in [-0.3, -0.25) is 4.90 Å². The summed E-state index contributed by atoms with van der Waals surface area (Å²) < 4.78 is 13.1. The van der Waals surface area contributed by atoms with Gasteiger partial charge >= 0.3 is 0 Å². The van der Waals surface area contributed by atoms with Crippen LogP contribution in [0.15, 0.2) is 18.2 Å². The molecule has 1 heterocycles. The molecule has 1 atom stereocenters. The minimum Gasteiger partial charge on any atom is -0.395 e. The number of nitrogens with zero attached hydrogens (tertiary/aromatic N) is 1. The van der Waals surface area contributed by atoms with Crippen LogP contribution in [0.25, 0.3) is 0 Å². The normalized spacial score (nSPS) is 21.6. The first-order valence-corrected chi connectivity index (χ1v) is 5.87. The Bertz CT molecular complexity index is 372. The van der Waals surface area contributed by atoms with Crippen LogP contribution in [0.2, 0.25) is 5.02 Å². The monoisotopic (exact) mass is 243 g/mol. The molecule has 0 aromatic heterocycles. The van der Waals surface area contributed by atoms with Crippen molar-refractivity contribution in [1.82, 2.24) is 4.90 Å². The van der Waals surface area contributed by atoms with Gasteiger partial charge in [-0.05, 0) is 43.1 Å². The standard InChI is InChI=1S/C12H15ClFNO/c13-12-4-3-10(14)6-9(12)7-15-5-1-2-11(15)8-16/h3-4,6,11,16H,1-2,5,7-8H2/t11-/m1/s1. The van der Waals surface area contributed by atoms with Gasteiger partial charge in [-0.15, -0.1) is 0 Å². The minimum absolute atomic E-state index is 0.160. The maximum absolute atomic E-state index is 13.1. The zero-order valence-corrected chi connectivity index (χ0v) is 9.75. The first kappa shape index (κ1) is 11.8. The number of benzene rings is 1. The quantitative estimate of drug-likeness (QED) is 0.882. The lowest BCUT2D eigenvalue weighted by atomic mass is 10.2. The molecule has 0 aliphatic carbocycles. The molecule has 88 valence electrons. The Kier molecular flexibility index (Phi) is 3.79. The predicted molar refractivity (Wildman–Crippen MR) is 61.9 cm³/mol. The van der Waals surface area contributed by atoms with E-state index in [2.05, 4.69) is 4.90 Å². The van der Waals surface area contributed by atoms with Crippen LogP contribution in [-0.2, 0) is 6.54 Å². The lowest BCUT2D eigenvalue weighted by molar-refractivity contribution is 0.153. The Hall–Kier alpha value is -0.640. The van der Waals surface area contributed by atoms with E-state index in [4.69, 9.17) is 11.6 Å². The van der Waals surface area contributed by atoms with Gasteiger partial charge in [0.2, 0.25) is 0 Å². The summed E-state index contributed by atoms with van der Waals surface area (Å²) in [5.41, 5.74) is 0.794. The number of rotatable bonds is 3. The summed E-state index contributed by atoms with van der Waals surface area (Å²) in [6, 6.07) is 4.60. The predicted octanol–water partition coefficient (Wildman–Crippen LogP) is 2.44. The molecule has 1 fully saturated rings. The smallest absolute Gasteiger partial charge is 0.123 e. The number of likely N-dealkylation sites (tertiary alicyclic amines) is 1. The molecular weight excluding hydrogens is 229 g/mol. The summed E-state index contributed by atoms with van der Waals surface area (Å²) in [6.45, 7) is 1.72. The van der Waals surface area contributed by atoms with E-state index in [1.807, 2.05) is 0 Å². The first-order chi connectivity index (χ1) is 7.70. The number of aliphatic hydroxyl groups excluding tert-OH is 1. The molecule has 2 rings (SSSR count). The highest BCUT2D eigenvalue weighted by Gasteiger charge is 2.24. The second-order valence-electron chi connectivity index (χ2n) is 4.18. The maximum atomic E-state index is 13.1. The lowest BCUT2D eigenvalue weighted by Crippen LogP contribution is -2.31. The van der Waals surface area contributed by atoms with Crippen molar-refractivity contribution in [1.29, 1.82) is 0 Å². The van der Waals surface area contributed by atoms with Gasteiger partial charge in [0, 0.05) is 17.6 Å². The summed E-state index contributed by atoms with van der Waals surface area (Å²) >= 11 is 6.01. The van der Waals surface area contributed by atoms with E-state index in [1.54, 1.807) is 6.07 Å². The van der Waals surface area contributed by atoms with Gasteiger partial charge in [-0.25, -0.2) is 4.39 Å². The van der Waals surface area contributed by atoms with E-state index in [1.165, 1.54) is 12.1 Å². The van der Waals surface area contributed by atoms with Gasteiger partial charge in [0.05, 0.1) is 6.61 Å². The molecule has 0 bridgehead atoms. The van der Waals surface area contributed by atoms with Gasteiger partial charge < -0.3 is 5.11 Å². The average molecular weight is 244 g/mol. The molecule has 4 heteroatoms. The molecular formula is C12H15ClFNO. The summed E-state index contributed by atoms with van der Waals surface area (Å²) in [5.74, 6) is -0.265. The van der Waals surface area contributed by atoms with Crippen molar-refractivity contribution in [3.63, 3.8) is 0 Å². The second kappa shape index (κ2) is 5.13. The van der Waals surface area contributed by atoms with Crippen molar-refractivity contribution in [2.24, 2.45) is 0 Å². The summed E-state index contributed by atoms with van der Waals surface area (Å²) in [6.07, 6.45) is 2.08. The van der Waals surface area contributed by atoms with Crippen LogP contribution < -0.4 is 0 Å². The largest absolute Gasteiger partial charge is 0.395 e. The fourth-order valence-corrected chi connectivity index (χ4v) is 2.37. The van der Waals surface area contributed by atoms with Crippen LogP contribution in [-0.4, -0.2) is 29.2 Å². The van der Waals surface area contributed by atoms with Crippen LogP contribution >= 0.6 is 11.6 Å².